The summed E-state index contributed by atoms with van der Waals surface area (Å²) in [6.07, 6.45) is 3.76. The highest BCUT2D eigenvalue weighted by molar-refractivity contribution is 5.89. The molecule has 28 heavy (non-hydrogen) atoms. The predicted molar refractivity (Wildman–Crippen MR) is 111 cm³/mol. The molecule has 1 atom stereocenters. The van der Waals surface area contributed by atoms with E-state index in [0.29, 0.717) is 6.54 Å². The highest BCUT2D eigenvalue weighted by atomic mass is 16.5. The van der Waals surface area contributed by atoms with Crippen LogP contribution in [0.4, 0.5) is 10.5 Å². The van der Waals surface area contributed by atoms with Gasteiger partial charge in [0.2, 0.25) is 0 Å². The third-order valence-electron chi connectivity index (χ3n) is 4.17. The Hall–Kier alpha value is -3.28. The first-order valence-electron chi connectivity index (χ1n) is 9.40. The van der Waals surface area contributed by atoms with Crippen LogP contribution in [0.2, 0.25) is 0 Å². The van der Waals surface area contributed by atoms with Crippen LogP contribution in [0.15, 0.2) is 67.0 Å². The number of nitrogens with one attached hydrogen (secondary N) is 2. The molecule has 0 fully saturated rings. The Kier molecular flexibility index (Phi) is 6.32. The zero-order chi connectivity index (χ0) is 19.9. The molecule has 0 saturated carbocycles. The van der Waals surface area contributed by atoms with Gasteiger partial charge in [-0.3, -0.25) is 4.68 Å². The Morgan fingerprint density at radius 3 is 2.68 bits per heavy atom. The van der Waals surface area contributed by atoms with Gasteiger partial charge in [0.15, 0.2) is 0 Å². The van der Waals surface area contributed by atoms with Gasteiger partial charge in [-0.25, -0.2) is 4.79 Å². The minimum atomic E-state index is -0.251. The van der Waals surface area contributed by atoms with Crippen LogP contribution in [0, 0.1) is 0 Å². The van der Waals surface area contributed by atoms with Crippen LogP contribution in [0.5, 0.6) is 5.75 Å². The minimum Gasteiger partial charge on any atom is -0.491 e. The molecule has 0 saturated heterocycles. The fraction of sp³-hybridized carbons (Fsp3) is 0.273. The lowest BCUT2D eigenvalue weighted by molar-refractivity contribution is 0.241. The van der Waals surface area contributed by atoms with Crippen LogP contribution in [0.1, 0.15) is 37.9 Å². The number of urea groups is 1. The van der Waals surface area contributed by atoms with Crippen molar-refractivity contribution < 1.29 is 9.53 Å². The lowest BCUT2D eigenvalue weighted by Gasteiger charge is -2.17. The van der Waals surface area contributed by atoms with Crippen molar-refractivity contribution >= 4 is 11.7 Å². The Morgan fingerprint density at radius 1 is 1.11 bits per heavy atom. The Balaban J connectivity index is 1.59. The molecule has 2 N–H and O–H groups in total. The maximum atomic E-state index is 12.4. The van der Waals surface area contributed by atoms with Crippen molar-refractivity contribution in [3.8, 4) is 5.75 Å². The SMILES string of the molecule is CC(C)Oc1cccc(C(C)NC(=O)Nc2cccc(Cn3cccn3)c2)c1. The largest absolute Gasteiger partial charge is 0.491 e. The normalized spacial score (nSPS) is 11.9. The summed E-state index contributed by atoms with van der Waals surface area (Å²) >= 11 is 0. The number of carbonyl (C=O) groups is 1. The van der Waals surface area contributed by atoms with Crippen molar-refractivity contribution in [1.82, 2.24) is 15.1 Å². The number of anilines is 1. The number of aromatic nitrogens is 2. The quantitative estimate of drug-likeness (QED) is 0.631. The fourth-order valence-electron chi connectivity index (χ4n) is 2.90. The van der Waals surface area contributed by atoms with Crippen LogP contribution in [0.3, 0.4) is 0 Å². The van der Waals surface area contributed by atoms with Gasteiger partial charge in [0.05, 0.1) is 18.7 Å². The summed E-state index contributed by atoms with van der Waals surface area (Å²) in [5.41, 5.74) is 2.79. The monoisotopic (exact) mass is 378 g/mol. The molecule has 1 aromatic heterocycles. The molecule has 2 amide bonds. The third kappa shape index (κ3) is 5.61. The van der Waals surface area contributed by atoms with E-state index in [-0.39, 0.29) is 18.2 Å². The molecular weight excluding hydrogens is 352 g/mol. The smallest absolute Gasteiger partial charge is 0.319 e. The summed E-state index contributed by atoms with van der Waals surface area (Å²) in [5.74, 6) is 0.799. The van der Waals surface area contributed by atoms with Crippen LogP contribution in [0.25, 0.3) is 0 Å². The highest BCUT2D eigenvalue weighted by Gasteiger charge is 2.11. The zero-order valence-electron chi connectivity index (χ0n) is 16.4. The van der Waals surface area contributed by atoms with Crippen molar-refractivity contribution in [2.45, 2.75) is 39.5 Å². The van der Waals surface area contributed by atoms with E-state index >= 15 is 0 Å². The van der Waals surface area contributed by atoms with Crippen LogP contribution in [-0.2, 0) is 6.54 Å². The molecule has 3 aromatic rings. The number of hydrogen-bond donors (Lipinski definition) is 2. The molecular formula is C22H26N4O2. The molecule has 2 aromatic carbocycles. The van der Waals surface area contributed by atoms with Gasteiger partial charge in [0.1, 0.15) is 5.75 Å². The molecule has 0 aliphatic rings. The Morgan fingerprint density at radius 2 is 1.93 bits per heavy atom. The molecule has 0 aliphatic heterocycles. The molecule has 0 spiro atoms. The zero-order valence-corrected chi connectivity index (χ0v) is 16.4. The van der Waals surface area contributed by atoms with Gasteiger partial charge in [0, 0.05) is 18.1 Å². The first kappa shape index (κ1) is 19.5. The van der Waals surface area contributed by atoms with Gasteiger partial charge >= 0.3 is 6.03 Å². The van der Waals surface area contributed by atoms with E-state index in [0.717, 1.165) is 22.6 Å². The predicted octanol–water partition coefficient (Wildman–Crippen LogP) is 4.60. The number of nitrogens with zero attached hydrogens (tertiary/aromatic N) is 2. The first-order chi connectivity index (χ1) is 13.5. The molecule has 3 rings (SSSR count). The topological polar surface area (TPSA) is 68.2 Å². The van der Waals surface area contributed by atoms with Crippen LogP contribution in [-0.4, -0.2) is 21.9 Å². The van der Waals surface area contributed by atoms with E-state index in [2.05, 4.69) is 15.7 Å². The number of amides is 2. The summed E-state index contributed by atoms with van der Waals surface area (Å²) < 4.78 is 7.57. The van der Waals surface area contributed by atoms with Gasteiger partial charge in [-0.05, 0) is 62.2 Å². The van der Waals surface area contributed by atoms with Gasteiger partial charge < -0.3 is 15.4 Å². The molecule has 146 valence electrons. The van der Waals surface area contributed by atoms with Crippen LogP contribution >= 0.6 is 0 Å². The van der Waals surface area contributed by atoms with E-state index < -0.39 is 0 Å². The number of hydrogen-bond acceptors (Lipinski definition) is 3. The van der Waals surface area contributed by atoms with E-state index in [4.69, 9.17) is 4.74 Å². The van der Waals surface area contributed by atoms with Crippen molar-refractivity contribution in [1.29, 1.82) is 0 Å². The fourth-order valence-corrected chi connectivity index (χ4v) is 2.90. The lowest BCUT2D eigenvalue weighted by atomic mass is 10.1. The molecule has 6 nitrogen and oxygen atoms in total. The molecule has 6 heteroatoms. The summed E-state index contributed by atoms with van der Waals surface area (Å²) in [5, 5.41) is 10.1. The molecule has 0 aliphatic carbocycles. The number of rotatable bonds is 7. The Bertz CT molecular complexity index is 906. The lowest BCUT2D eigenvalue weighted by Crippen LogP contribution is -2.31. The van der Waals surface area contributed by atoms with Crippen molar-refractivity contribution in [2.24, 2.45) is 0 Å². The molecule has 0 bridgehead atoms. The van der Waals surface area contributed by atoms with Gasteiger partial charge in [-0.15, -0.1) is 0 Å². The average molecular weight is 378 g/mol. The average Bonchev–Trinajstić information content (AvgIpc) is 3.14. The highest BCUT2D eigenvalue weighted by Crippen LogP contribution is 2.20. The third-order valence-corrected chi connectivity index (χ3v) is 4.17. The standard InChI is InChI=1S/C22H26N4O2/c1-16(2)28-21-10-5-8-19(14-21)17(3)24-22(27)25-20-9-4-7-18(13-20)15-26-12-6-11-23-26/h4-14,16-17H,15H2,1-3H3,(H2,24,25,27). The van der Waals surface area contributed by atoms with Crippen molar-refractivity contribution in [3.63, 3.8) is 0 Å². The van der Waals surface area contributed by atoms with Crippen molar-refractivity contribution in [2.75, 3.05) is 5.32 Å². The Labute approximate surface area is 165 Å². The second kappa shape index (κ2) is 9.08. The van der Waals surface area contributed by atoms with E-state index in [1.54, 1.807) is 6.20 Å². The number of carbonyl (C=O) groups excluding carboxylic acids is 1. The summed E-state index contributed by atoms with van der Waals surface area (Å²) in [4.78, 5) is 12.4. The van der Waals surface area contributed by atoms with Gasteiger partial charge in [-0.1, -0.05) is 24.3 Å². The van der Waals surface area contributed by atoms with Crippen molar-refractivity contribution in [3.05, 3.63) is 78.1 Å². The summed E-state index contributed by atoms with van der Waals surface area (Å²) in [6.45, 7) is 6.58. The minimum absolute atomic E-state index is 0.107. The molecule has 1 heterocycles. The van der Waals surface area contributed by atoms with E-state index in [1.807, 2.05) is 86.2 Å². The number of ether oxygens (including phenoxy) is 1. The van der Waals surface area contributed by atoms with Gasteiger partial charge in [-0.2, -0.15) is 5.10 Å². The second-order valence-corrected chi connectivity index (χ2v) is 6.96. The molecule has 1 unspecified atom stereocenters. The van der Waals surface area contributed by atoms with E-state index in [9.17, 15) is 4.79 Å². The summed E-state index contributed by atoms with van der Waals surface area (Å²) in [6, 6.07) is 17.0. The summed E-state index contributed by atoms with van der Waals surface area (Å²) in [7, 11) is 0. The number of benzene rings is 2. The molecule has 0 radical (unpaired) electrons. The van der Waals surface area contributed by atoms with Gasteiger partial charge in [0.25, 0.3) is 0 Å². The maximum Gasteiger partial charge on any atom is 0.319 e. The maximum absolute atomic E-state index is 12.4. The first-order valence-corrected chi connectivity index (χ1v) is 9.40. The van der Waals surface area contributed by atoms with Crippen LogP contribution < -0.4 is 15.4 Å². The van der Waals surface area contributed by atoms with E-state index in [1.165, 1.54) is 0 Å². The second-order valence-electron chi connectivity index (χ2n) is 6.96.